The van der Waals surface area contributed by atoms with Crippen LogP contribution in [0.4, 0.5) is 4.39 Å². The van der Waals surface area contributed by atoms with Gasteiger partial charge < -0.3 is 9.26 Å². The highest BCUT2D eigenvalue weighted by atomic mass is 35.5. The van der Waals surface area contributed by atoms with Crippen molar-refractivity contribution in [3.05, 3.63) is 48.3 Å². The standard InChI is InChI=1S/C16H11ClFNO3/c1-9(17)16(20)21-12-6-7-13-14(8-12)22-19-15(13)10-2-4-11(18)5-3-10/h2-9H,1H3. The maximum atomic E-state index is 13.0. The lowest BCUT2D eigenvalue weighted by atomic mass is 10.1. The van der Waals surface area contributed by atoms with E-state index in [9.17, 15) is 9.18 Å². The van der Waals surface area contributed by atoms with E-state index < -0.39 is 11.3 Å². The fourth-order valence-electron chi connectivity index (χ4n) is 1.99. The minimum Gasteiger partial charge on any atom is -0.425 e. The van der Waals surface area contributed by atoms with E-state index in [2.05, 4.69) is 5.16 Å². The van der Waals surface area contributed by atoms with E-state index in [1.165, 1.54) is 19.1 Å². The summed E-state index contributed by atoms with van der Waals surface area (Å²) < 4.78 is 23.3. The molecule has 1 aromatic heterocycles. The second-order valence-electron chi connectivity index (χ2n) is 4.73. The monoisotopic (exact) mass is 319 g/mol. The second-order valence-corrected chi connectivity index (χ2v) is 5.39. The number of ether oxygens (including phenoxy) is 1. The number of carbonyl (C=O) groups is 1. The van der Waals surface area contributed by atoms with Crippen molar-refractivity contribution >= 4 is 28.5 Å². The van der Waals surface area contributed by atoms with Gasteiger partial charge in [0.25, 0.3) is 0 Å². The molecule has 0 spiro atoms. The Morgan fingerprint density at radius 3 is 2.68 bits per heavy atom. The first-order chi connectivity index (χ1) is 10.5. The van der Waals surface area contributed by atoms with E-state index in [1.807, 2.05) is 0 Å². The number of hydrogen-bond donors (Lipinski definition) is 0. The number of nitrogens with zero attached hydrogens (tertiary/aromatic N) is 1. The molecule has 4 nitrogen and oxygen atoms in total. The molecule has 0 saturated carbocycles. The molecule has 0 aliphatic heterocycles. The van der Waals surface area contributed by atoms with Gasteiger partial charge in [0, 0.05) is 17.0 Å². The summed E-state index contributed by atoms with van der Waals surface area (Å²) in [6, 6.07) is 10.9. The van der Waals surface area contributed by atoms with E-state index in [-0.39, 0.29) is 5.82 Å². The normalized spacial score (nSPS) is 12.3. The van der Waals surface area contributed by atoms with Crippen LogP contribution in [-0.4, -0.2) is 16.5 Å². The third-order valence-electron chi connectivity index (χ3n) is 3.10. The Bertz CT molecular complexity index is 827. The molecule has 1 heterocycles. The zero-order valence-corrected chi connectivity index (χ0v) is 12.3. The molecule has 0 bridgehead atoms. The Kier molecular flexibility index (Phi) is 3.81. The number of rotatable bonds is 3. The van der Waals surface area contributed by atoms with Crippen molar-refractivity contribution in [1.82, 2.24) is 5.16 Å². The van der Waals surface area contributed by atoms with E-state index in [1.54, 1.807) is 30.3 Å². The molecule has 6 heteroatoms. The van der Waals surface area contributed by atoms with Crippen molar-refractivity contribution in [3.63, 3.8) is 0 Å². The molecule has 3 rings (SSSR count). The van der Waals surface area contributed by atoms with Gasteiger partial charge in [0.05, 0.1) is 0 Å². The van der Waals surface area contributed by atoms with Crippen LogP contribution in [0.5, 0.6) is 5.75 Å². The first-order valence-corrected chi connectivity index (χ1v) is 6.99. The van der Waals surface area contributed by atoms with Crippen LogP contribution in [0.25, 0.3) is 22.2 Å². The van der Waals surface area contributed by atoms with Crippen molar-refractivity contribution in [2.24, 2.45) is 0 Å². The number of hydrogen-bond acceptors (Lipinski definition) is 4. The van der Waals surface area contributed by atoms with Gasteiger partial charge in [-0.3, -0.25) is 4.79 Å². The highest BCUT2D eigenvalue weighted by molar-refractivity contribution is 6.29. The first-order valence-electron chi connectivity index (χ1n) is 6.56. The van der Waals surface area contributed by atoms with Crippen LogP contribution in [0, 0.1) is 5.82 Å². The van der Waals surface area contributed by atoms with Crippen LogP contribution in [0.1, 0.15) is 6.92 Å². The molecule has 0 aliphatic carbocycles. The minimum absolute atomic E-state index is 0.319. The number of esters is 1. The molecule has 0 fully saturated rings. The summed E-state index contributed by atoms with van der Waals surface area (Å²) >= 11 is 5.65. The van der Waals surface area contributed by atoms with Gasteiger partial charge in [-0.2, -0.15) is 0 Å². The number of halogens is 2. The second kappa shape index (κ2) is 5.77. The molecule has 2 aromatic carbocycles. The van der Waals surface area contributed by atoms with Gasteiger partial charge in [0.1, 0.15) is 22.6 Å². The molecular formula is C16H11ClFNO3. The number of fused-ring (bicyclic) bond motifs is 1. The molecular weight excluding hydrogens is 309 g/mol. The lowest BCUT2D eigenvalue weighted by Crippen LogP contribution is -2.17. The largest absolute Gasteiger partial charge is 0.425 e. The van der Waals surface area contributed by atoms with Crippen molar-refractivity contribution < 1.29 is 18.4 Å². The van der Waals surface area contributed by atoms with Gasteiger partial charge in [0.2, 0.25) is 0 Å². The summed E-state index contributed by atoms with van der Waals surface area (Å²) in [5.41, 5.74) is 1.80. The number of carbonyl (C=O) groups excluding carboxylic acids is 1. The van der Waals surface area contributed by atoms with Crippen LogP contribution in [-0.2, 0) is 4.79 Å². The summed E-state index contributed by atoms with van der Waals surface area (Å²) in [5, 5.41) is 3.99. The molecule has 3 aromatic rings. The number of benzene rings is 2. The summed E-state index contributed by atoms with van der Waals surface area (Å²) in [7, 11) is 0. The molecule has 0 amide bonds. The van der Waals surface area contributed by atoms with Gasteiger partial charge >= 0.3 is 5.97 Å². The molecule has 0 saturated heterocycles. The number of alkyl halides is 1. The Hall–Kier alpha value is -2.40. The molecule has 22 heavy (non-hydrogen) atoms. The molecule has 0 aliphatic rings. The minimum atomic E-state index is -0.736. The zero-order chi connectivity index (χ0) is 15.7. The topological polar surface area (TPSA) is 52.3 Å². The fraction of sp³-hybridized carbons (Fsp3) is 0.125. The van der Waals surface area contributed by atoms with Crippen molar-refractivity contribution in [3.8, 4) is 17.0 Å². The van der Waals surface area contributed by atoms with Crippen LogP contribution in [0.15, 0.2) is 47.0 Å². The van der Waals surface area contributed by atoms with Crippen LogP contribution in [0.3, 0.4) is 0 Å². The van der Waals surface area contributed by atoms with Gasteiger partial charge in [-0.25, -0.2) is 4.39 Å². The van der Waals surface area contributed by atoms with E-state index in [0.29, 0.717) is 17.0 Å². The zero-order valence-electron chi connectivity index (χ0n) is 11.5. The van der Waals surface area contributed by atoms with Crippen LogP contribution in [0.2, 0.25) is 0 Å². The van der Waals surface area contributed by atoms with Gasteiger partial charge in [-0.05, 0) is 43.3 Å². The SMILES string of the molecule is CC(Cl)C(=O)Oc1ccc2c(-c3ccc(F)cc3)noc2c1. The Morgan fingerprint density at radius 2 is 2.00 bits per heavy atom. The van der Waals surface area contributed by atoms with Crippen molar-refractivity contribution in [2.75, 3.05) is 0 Å². The van der Waals surface area contributed by atoms with Crippen LogP contribution < -0.4 is 4.74 Å². The summed E-state index contributed by atoms with van der Waals surface area (Å²) in [6.45, 7) is 1.53. The Morgan fingerprint density at radius 1 is 1.27 bits per heavy atom. The first kappa shape index (κ1) is 14.5. The Balaban J connectivity index is 1.96. The highest BCUT2D eigenvalue weighted by Crippen LogP contribution is 2.30. The fourth-order valence-corrected chi connectivity index (χ4v) is 2.04. The van der Waals surface area contributed by atoms with Crippen molar-refractivity contribution in [1.29, 1.82) is 0 Å². The van der Waals surface area contributed by atoms with Gasteiger partial charge in [-0.15, -0.1) is 11.6 Å². The molecule has 1 atom stereocenters. The molecule has 0 radical (unpaired) electrons. The van der Waals surface area contributed by atoms with E-state index >= 15 is 0 Å². The van der Waals surface area contributed by atoms with Gasteiger partial charge in [-0.1, -0.05) is 5.16 Å². The third-order valence-corrected chi connectivity index (χ3v) is 3.28. The summed E-state index contributed by atoms with van der Waals surface area (Å²) in [6.07, 6.45) is 0. The molecule has 112 valence electrons. The average Bonchev–Trinajstić information content (AvgIpc) is 2.91. The summed E-state index contributed by atoms with van der Waals surface area (Å²) in [5.74, 6) is -0.535. The molecule has 1 unspecified atom stereocenters. The average molecular weight is 320 g/mol. The maximum absolute atomic E-state index is 13.0. The Labute approximate surface area is 130 Å². The predicted molar refractivity (Wildman–Crippen MR) is 80.4 cm³/mol. The van der Waals surface area contributed by atoms with Crippen LogP contribution >= 0.6 is 11.6 Å². The van der Waals surface area contributed by atoms with E-state index in [4.69, 9.17) is 20.9 Å². The summed E-state index contributed by atoms with van der Waals surface area (Å²) in [4.78, 5) is 11.5. The lowest BCUT2D eigenvalue weighted by Gasteiger charge is -2.04. The third kappa shape index (κ3) is 2.80. The maximum Gasteiger partial charge on any atom is 0.329 e. The lowest BCUT2D eigenvalue weighted by molar-refractivity contribution is -0.133. The van der Waals surface area contributed by atoms with Gasteiger partial charge in [0.15, 0.2) is 5.58 Å². The predicted octanol–water partition coefficient (Wildman–Crippen LogP) is 4.17. The molecule has 0 N–H and O–H groups in total. The van der Waals surface area contributed by atoms with E-state index in [0.717, 1.165) is 10.9 Å². The highest BCUT2D eigenvalue weighted by Gasteiger charge is 2.15. The number of aromatic nitrogens is 1. The van der Waals surface area contributed by atoms with Crippen molar-refractivity contribution in [2.45, 2.75) is 12.3 Å². The smallest absolute Gasteiger partial charge is 0.329 e. The quantitative estimate of drug-likeness (QED) is 0.413.